The number of anilines is 1. The second kappa shape index (κ2) is 12.4. The number of carboxylic acid groups (broad SMARTS) is 1. The summed E-state index contributed by atoms with van der Waals surface area (Å²) in [5.41, 5.74) is -0.368. The first-order chi connectivity index (χ1) is 21.6. The summed E-state index contributed by atoms with van der Waals surface area (Å²) in [6.45, 7) is 4.65. The van der Waals surface area contributed by atoms with Crippen molar-refractivity contribution in [1.29, 1.82) is 0 Å². The van der Waals surface area contributed by atoms with Crippen LogP contribution in [-0.2, 0) is 34.8 Å². The Hall–Kier alpha value is -4.49. The van der Waals surface area contributed by atoms with Gasteiger partial charge >= 0.3 is 24.4 Å². The molecule has 2 unspecified atom stereocenters. The Morgan fingerprint density at radius 2 is 1.70 bits per heavy atom. The molecule has 3 heterocycles. The minimum atomic E-state index is -5.06. The van der Waals surface area contributed by atoms with Gasteiger partial charge in [-0.1, -0.05) is 6.07 Å². The first kappa shape index (κ1) is 32.9. The summed E-state index contributed by atoms with van der Waals surface area (Å²) in [5, 5.41) is 9.23. The molecule has 0 aliphatic carbocycles. The Balaban J connectivity index is 1.56. The third-order valence-electron chi connectivity index (χ3n) is 8.43. The number of methoxy groups -OCH3 is 1. The molecule has 0 bridgehead atoms. The Morgan fingerprint density at radius 1 is 1.04 bits per heavy atom. The van der Waals surface area contributed by atoms with Gasteiger partial charge in [0.15, 0.2) is 0 Å². The van der Waals surface area contributed by atoms with Crippen LogP contribution in [0.4, 0.5) is 37.0 Å². The summed E-state index contributed by atoms with van der Waals surface area (Å²) in [7, 11) is 1.48. The highest BCUT2D eigenvalue weighted by Crippen LogP contribution is 2.43. The van der Waals surface area contributed by atoms with Crippen molar-refractivity contribution in [3.63, 3.8) is 0 Å². The molecule has 0 saturated carbocycles. The molecule has 2 saturated heterocycles. The van der Waals surface area contributed by atoms with Gasteiger partial charge in [-0.3, -0.25) is 9.69 Å². The number of pyridine rings is 1. The molecule has 3 aromatic rings. The summed E-state index contributed by atoms with van der Waals surface area (Å²) >= 11 is 0. The van der Waals surface area contributed by atoms with Crippen molar-refractivity contribution < 1.29 is 50.5 Å². The van der Waals surface area contributed by atoms with E-state index in [1.807, 2.05) is 24.0 Å². The van der Waals surface area contributed by atoms with Gasteiger partial charge in [-0.05, 0) is 79.8 Å². The number of halogens is 6. The third kappa shape index (κ3) is 6.56. The number of amides is 1. The highest BCUT2D eigenvalue weighted by molar-refractivity contribution is 5.79. The van der Waals surface area contributed by atoms with E-state index in [-0.39, 0.29) is 25.5 Å². The molecule has 1 aromatic heterocycles. The van der Waals surface area contributed by atoms with Gasteiger partial charge < -0.3 is 19.5 Å². The molecule has 46 heavy (non-hydrogen) atoms. The van der Waals surface area contributed by atoms with E-state index in [0.29, 0.717) is 40.5 Å². The molecule has 1 N–H and O–H groups in total. The maximum absolute atomic E-state index is 13.6. The van der Waals surface area contributed by atoms with Gasteiger partial charge in [0.25, 0.3) is 0 Å². The van der Waals surface area contributed by atoms with E-state index in [0.717, 1.165) is 30.6 Å². The summed E-state index contributed by atoms with van der Waals surface area (Å²) in [6.07, 6.45) is -11.4. The van der Waals surface area contributed by atoms with Crippen LogP contribution >= 0.6 is 0 Å². The minimum absolute atomic E-state index is 0.0283. The highest BCUT2D eigenvalue weighted by atomic mass is 19.4. The van der Waals surface area contributed by atoms with E-state index < -0.39 is 53.3 Å². The number of benzene rings is 2. The van der Waals surface area contributed by atoms with Crippen LogP contribution in [0.2, 0.25) is 0 Å². The predicted octanol–water partition coefficient (Wildman–Crippen LogP) is 7.41. The Labute approximate surface area is 260 Å². The molecule has 0 radical (unpaired) electrons. The number of hydrogen-bond acceptors (Lipinski definition) is 6. The molecule has 2 aliphatic heterocycles. The molecule has 8 nitrogen and oxygen atoms in total. The van der Waals surface area contributed by atoms with Crippen LogP contribution in [0.5, 0.6) is 5.75 Å². The number of alkyl halides is 6. The lowest BCUT2D eigenvalue weighted by Gasteiger charge is -2.33. The van der Waals surface area contributed by atoms with Crippen LogP contribution in [0.3, 0.4) is 0 Å². The lowest BCUT2D eigenvalue weighted by atomic mass is 9.92. The molecule has 1 amide bonds. The van der Waals surface area contributed by atoms with Crippen molar-refractivity contribution in [2.75, 3.05) is 25.1 Å². The first-order valence-corrected chi connectivity index (χ1v) is 14.5. The molecule has 246 valence electrons. The monoisotopic (exact) mass is 651 g/mol. The quantitative estimate of drug-likeness (QED) is 0.241. The second-order valence-electron chi connectivity index (χ2n) is 11.3. The number of ether oxygens (including phenoxy) is 2. The van der Waals surface area contributed by atoms with Crippen LogP contribution in [0.25, 0.3) is 11.1 Å². The lowest BCUT2D eigenvalue weighted by molar-refractivity contribution is -0.143. The van der Waals surface area contributed by atoms with Crippen molar-refractivity contribution >= 4 is 17.9 Å². The van der Waals surface area contributed by atoms with Crippen molar-refractivity contribution in [2.24, 2.45) is 0 Å². The number of aryl methyl sites for hydroxylation is 1. The summed E-state index contributed by atoms with van der Waals surface area (Å²) in [6, 6.07) is 7.31. The average Bonchev–Trinajstić information content (AvgIpc) is 3.23. The largest absolute Gasteiger partial charge is 0.496 e. The summed E-state index contributed by atoms with van der Waals surface area (Å²) < 4.78 is 92.5. The van der Waals surface area contributed by atoms with Crippen LogP contribution in [-0.4, -0.2) is 53.3 Å². The average molecular weight is 652 g/mol. The normalized spacial score (nSPS) is 18.4. The molecular formula is C32H31F6N3O5. The van der Waals surface area contributed by atoms with E-state index >= 15 is 0 Å². The molecule has 2 aliphatic rings. The molecule has 0 spiro atoms. The fourth-order valence-electron chi connectivity index (χ4n) is 5.77. The molecule has 2 fully saturated rings. The smallest absolute Gasteiger partial charge is 0.416 e. The van der Waals surface area contributed by atoms with E-state index in [9.17, 15) is 41.0 Å². The number of aliphatic carboxylic acids is 1. The second-order valence-corrected chi connectivity index (χ2v) is 11.3. The lowest BCUT2D eigenvalue weighted by Crippen LogP contribution is -2.38. The van der Waals surface area contributed by atoms with E-state index in [1.165, 1.54) is 18.9 Å². The summed E-state index contributed by atoms with van der Waals surface area (Å²) in [4.78, 5) is 32.6. The van der Waals surface area contributed by atoms with Crippen LogP contribution in [0.15, 0.2) is 42.5 Å². The number of rotatable bonds is 9. The van der Waals surface area contributed by atoms with E-state index in [1.54, 1.807) is 12.1 Å². The zero-order valence-corrected chi connectivity index (χ0v) is 25.1. The van der Waals surface area contributed by atoms with Crippen molar-refractivity contribution in [1.82, 2.24) is 9.88 Å². The zero-order valence-electron chi connectivity index (χ0n) is 25.1. The maximum atomic E-state index is 13.6. The van der Waals surface area contributed by atoms with Gasteiger partial charge in [-0.2, -0.15) is 26.3 Å². The van der Waals surface area contributed by atoms with Crippen LogP contribution in [0, 0.1) is 6.92 Å². The van der Waals surface area contributed by atoms with Gasteiger partial charge in [-0.25, -0.2) is 9.78 Å². The van der Waals surface area contributed by atoms with Crippen molar-refractivity contribution in [2.45, 2.75) is 64.2 Å². The first-order valence-electron chi connectivity index (χ1n) is 14.5. The van der Waals surface area contributed by atoms with Gasteiger partial charge in [-0.15, -0.1) is 0 Å². The van der Waals surface area contributed by atoms with Crippen molar-refractivity contribution in [3.05, 3.63) is 76.0 Å². The van der Waals surface area contributed by atoms with Gasteiger partial charge in [0, 0.05) is 30.6 Å². The number of nitrogens with zero attached hydrogens (tertiary/aromatic N) is 3. The molecule has 5 rings (SSSR count). The minimum Gasteiger partial charge on any atom is -0.496 e. The van der Waals surface area contributed by atoms with Gasteiger partial charge in [0.05, 0.1) is 36.5 Å². The summed E-state index contributed by atoms with van der Waals surface area (Å²) in [5.74, 6) is 0.139. The molecule has 2 atom stereocenters. The number of carboxylic acids is 1. The van der Waals surface area contributed by atoms with Crippen LogP contribution < -0.4 is 9.64 Å². The van der Waals surface area contributed by atoms with Crippen LogP contribution in [0.1, 0.15) is 59.4 Å². The Kier molecular flexibility index (Phi) is 8.84. The Morgan fingerprint density at radius 3 is 2.24 bits per heavy atom. The molecule has 14 heteroatoms. The topological polar surface area (TPSA) is 92.2 Å². The zero-order chi connectivity index (χ0) is 33.6. The van der Waals surface area contributed by atoms with Gasteiger partial charge in [0.2, 0.25) is 0 Å². The fourth-order valence-corrected chi connectivity index (χ4v) is 5.77. The maximum Gasteiger partial charge on any atom is 0.416 e. The third-order valence-corrected chi connectivity index (χ3v) is 8.43. The molecule has 2 aromatic carbocycles. The number of aromatic nitrogens is 1. The SMILES string of the molecule is COc1ccc(CCC(=O)O)c(C)c1-c1ccc(N2CCC2)nc1CN1C(=O)OC(c2cc(C(F)(F)F)cc(C(F)(F)F)c2)C1C. The number of hydrogen-bond donors (Lipinski definition) is 1. The van der Waals surface area contributed by atoms with Gasteiger partial charge in [0.1, 0.15) is 17.7 Å². The molecular weight excluding hydrogens is 620 g/mol. The number of carbonyl (C=O) groups excluding carboxylic acids is 1. The van der Waals surface area contributed by atoms with E-state index in [2.05, 4.69) is 0 Å². The predicted molar refractivity (Wildman–Crippen MR) is 154 cm³/mol. The van der Waals surface area contributed by atoms with E-state index in [4.69, 9.17) is 14.5 Å². The number of cyclic esters (lactones) is 1. The number of carbonyl (C=O) groups is 2. The van der Waals surface area contributed by atoms with Crippen molar-refractivity contribution in [3.8, 4) is 16.9 Å². The fraction of sp³-hybridized carbons (Fsp3) is 0.406. The highest BCUT2D eigenvalue weighted by Gasteiger charge is 2.43. The Bertz CT molecular complexity index is 1620. The standard InChI is InChI=1S/C32H31F6N3O5/c1-17-19(6-10-27(42)43)5-8-25(45-3)28(17)23-7-9-26(40-11-4-12-40)39-24(23)16-41-18(2)29(46-30(41)44)20-13-21(31(33,34)35)15-22(14-20)32(36,37)38/h5,7-9,13-15,18,29H,4,6,10-12,16H2,1-3H3,(H,42,43).